The molecule has 1 amide bonds. The second-order valence-electron chi connectivity index (χ2n) is 7.86. The van der Waals surface area contributed by atoms with Crippen LogP contribution in [0.5, 0.6) is 0 Å². The average Bonchev–Trinajstić information content (AvgIpc) is 3.21. The van der Waals surface area contributed by atoms with Crippen LogP contribution >= 0.6 is 0 Å². The number of hydrogen-bond acceptors (Lipinski definition) is 7. The van der Waals surface area contributed by atoms with Crippen molar-refractivity contribution >= 4 is 17.7 Å². The molecule has 2 aliphatic rings. The number of nitrogens with zero attached hydrogens (tertiary/aromatic N) is 5. The molecule has 0 aliphatic carbocycles. The highest BCUT2D eigenvalue weighted by Crippen LogP contribution is 2.23. The fourth-order valence-electron chi connectivity index (χ4n) is 4.05. The predicted molar refractivity (Wildman–Crippen MR) is 114 cm³/mol. The van der Waals surface area contributed by atoms with Crippen LogP contribution in [0, 0.1) is 6.92 Å². The van der Waals surface area contributed by atoms with Crippen LogP contribution in [0.1, 0.15) is 52.2 Å². The molecule has 9 nitrogen and oxygen atoms in total. The summed E-state index contributed by atoms with van der Waals surface area (Å²) in [5.74, 6) is 0.457. The first kappa shape index (κ1) is 21.3. The van der Waals surface area contributed by atoms with Gasteiger partial charge in [-0.05, 0) is 38.8 Å². The molecule has 0 saturated carbocycles. The van der Waals surface area contributed by atoms with E-state index in [9.17, 15) is 9.59 Å². The van der Waals surface area contributed by atoms with Gasteiger partial charge in [0.2, 0.25) is 0 Å². The summed E-state index contributed by atoms with van der Waals surface area (Å²) in [5.41, 5.74) is 1.89. The molecule has 166 valence electrons. The van der Waals surface area contributed by atoms with Crippen LogP contribution in [-0.2, 0) is 9.47 Å². The third-order valence-corrected chi connectivity index (χ3v) is 5.86. The van der Waals surface area contributed by atoms with E-state index < -0.39 is 0 Å². The van der Waals surface area contributed by atoms with E-state index in [-0.39, 0.29) is 11.9 Å². The number of rotatable bonds is 5. The Morgan fingerprint density at radius 2 is 1.90 bits per heavy atom. The largest absolute Gasteiger partial charge is 0.462 e. The van der Waals surface area contributed by atoms with E-state index in [1.807, 2.05) is 28.8 Å². The van der Waals surface area contributed by atoms with Crippen LogP contribution < -0.4 is 4.90 Å². The Balaban J connectivity index is 1.36. The van der Waals surface area contributed by atoms with Gasteiger partial charge in [0.15, 0.2) is 0 Å². The van der Waals surface area contributed by atoms with Crippen LogP contribution in [0.3, 0.4) is 0 Å². The molecule has 31 heavy (non-hydrogen) atoms. The maximum absolute atomic E-state index is 13.1. The summed E-state index contributed by atoms with van der Waals surface area (Å²) in [4.78, 5) is 33.3. The Hall–Kier alpha value is -2.94. The van der Waals surface area contributed by atoms with Crippen molar-refractivity contribution < 1.29 is 19.1 Å². The van der Waals surface area contributed by atoms with Crippen molar-refractivity contribution in [1.29, 1.82) is 0 Å². The number of piperazine rings is 1. The summed E-state index contributed by atoms with van der Waals surface area (Å²) in [6, 6.07) is 3.85. The molecule has 0 atom stereocenters. The van der Waals surface area contributed by atoms with Gasteiger partial charge in [-0.15, -0.1) is 0 Å². The van der Waals surface area contributed by atoms with E-state index in [0.29, 0.717) is 50.0 Å². The molecule has 2 aromatic rings. The van der Waals surface area contributed by atoms with Gasteiger partial charge in [0.05, 0.1) is 29.5 Å². The van der Waals surface area contributed by atoms with Gasteiger partial charge in [-0.25, -0.2) is 9.78 Å². The highest BCUT2D eigenvalue weighted by atomic mass is 16.5. The number of aryl methyl sites for hydroxylation is 1. The monoisotopic (exact) mass is 427 g/mol. The number of amides is 1. The lowest BCUT2D eigenvalue weighted by Gasteiger charge is -2.35. The molecule has 2 aliphatic heterocycles. The Morgan fingerprint density at radius 1 is 1.16 bits per heavy atom. The molecule has 4 rings (SSSR count). The average molecular weight is 428 g/mol. The normalized spacial score (nSPS) is 17.6. The van der Waals surface area contributed by atoms with Crippen LogP contribution in [0.2, 0.25) is 0 Å². The van der Waals surface area contributed by atoms with Crippen LogP contribution in [-0.4, -0.2) is 77.5 Å². The van der Waals surface area contributed by atoms with Gasteiger partial charge in [-0.2, -0.15) is 5.10 Å². The molecule has 0 unspecified atom stereocenters. The van der Waals surface area contributed by atoms with Gasteiger partial charge in [0, 0.05) is 51.8 Å². The van der Waals surface area contributed by atoms with E-state index in [2.05, 4.69) is 15.0 Å². The zero-order valence-electron chi connectivity index (χ0n) is 18.1. The van der Waals surface area contributed by atoms with Crippen molar-refractivity contribution in [3.05, 3.63) is 41.3 Å². The second-order valence-corrected chi connectivity index (χ2v) is 7.86. The van der Waals surface area contributed by atoms with Gasteiger partial charge < -0.3 is 19.3 Å². The molecular formula is C22H29N5O4. The molecule has 0 radical (unpaired) electrons. The number of carbonyl (C=O) groups is 2. The van der Waals surface area contributed by atoms with Gasteiger partial charge in [-0.1, -0.05) is 0 Å². The fraction of sp³-hybridized carbons (Fsp3) is 0.545. The van der Waals surface area contributed by atoms with Crippen LogP contribution in [0.15, 0.2) is 24.5 Å². The molecule has 0 bridgehead atoms. The molecule has 0 N–H and O–H groups in total. The minimum Gasteiger partial charge on any atom is -0.462 e. The Labute approximate surface area is 181 Å². The molecule has 0 spiro atoms. The summed E-state index contributed by atoms with van der Waals surface area (Å²) in [7, 11) is 0. The van der Waals surface area contributed by atoms with Crippen molar-refractivity contribution in [3.63, 3.8) is 0 Å². The van der Waals surface area contributed by atoms with E-state index in [1.165, 1.54) is 0 Å². The SMILES string of the molecule is CCOC(=O)c1ccc(N2CCN(C(=O)c3cn(C4CCOCC4)nc3C)CC2)nc1. The summed E-state index contributed by atoms with van der Waals surface area (Å²) in [6.07, 6.45) is 5.29. The minimum absolute atomic E-state index is 0.0288. The highest BCUT2D eigenvalue weighted by molar-refractivity contribution is 5.95. The molecule has 4 heterocycles. The first-order valence-corrected chi connectivity index (χ1v) is 10.9. The molecule has 2 aromatic heterocycles. The number of hydrogen-bond donors (Lipinski definition) is 0. The third kappa shape index (κ3) is 4.71. The number of aromatic nitrogens is 3. The predicted octanol–water partition coefficient (Wildman–Crippen LogP) is 2.08. The number of anilines is 1. The quantitative estimate of drug-likeness (QED) is 0.675. The fourth-order valence-corrected chi connectivity index (χ4v) is 4.05. The molecular weight excluding hydrogens is 398 g/mol. The highest BCUT2D eigenvalue weighted by Gasteiger charge is 2.27. The van der Waals surface area contributed by atoms with Crippen molar-refractivity contribution in [2.75, 3.05) is 50.9 Å². The standard InChI is InChI=1S/C22H29N5O4/c1-3-31-22(29)17-4-5-20(23-14-17)25-8-10-26(11-9-25)21(28)19-15-27(24-16(19)2)18-6-12-30-13-7-18/h4-5,14-15,18H,3,6-13H2,1-2H3. The number of ether oxygens (including phenoxy) is 2. The van der Waals surface area contributed by atoms with E-state index in [4.69, 9.17) is 9.47 Å². The van der Waals surface area contributed by atoms with E-state index in [0.717, 1.165) is 37.6 Å². The first-order chi connectivity index (χ1) is 15.1. The Kier molecular flexibility index (Phi) is 6.50. The van der Waals surface area contributed by atoms with Gasteiger partial charge in [0.25, 0.3) is 5.91 Å². The maximum Gasteiger partial charge on any atom is 0.339 e. The Bertz CT molecular complexity index is 912. The van der Waals surface area contributed by atoms with Gasteiger partial charge in [-0.3, -0.25) is 9.48 Å². The van der Waals surface area contributed by atoms with Crippen molar-refractivity contribution in [2.45, 2.75) is 32.7 Å². The number of pyridine rings is 1. The zero-order valence-corrected chi connectivity index (χ0v) is 18.1. The van der Waals surface area contributed by atoms with Crippen LogP contribution in [0.4, 0.5) is 5.82 Å². The van der Waals surface area contributed by atoms with E-state index in [1.54, 1.807) is 19.2 Å². The first-order valence-electron chi connectivity index (χ1n) is 10.9. The van der Waals surface area contributed by atoms with Crippen molar-refractivity contribution in [3.8, 4) is 0 Å². The molecule has 2 fully saturated rings. The Morgan fingerprint density at radius 3 is 2.55 bits per heavy atom. The zero-order chi connectivity index (χ0) is 21.8. The van der Waals surface area contributed by atoms with Crippen LogP contribution in [0.25, 0.3) is 0 Å². The molecule has 2 saturated heterocycles. The minimum atomic E-state index is -0.367. The number of carbonyl (C=O) groups excluding carboxylic acids is 2. The van der Waals surface area contributed by atoms with Crippen molar-refractivity contribution in [1.82, 2.24) is 19.7 Å². The summed E-state index contributed by atoms with van der Waals surface area (Å²) in [6.45, 7) is 8.09. The maximum atomic E-state index is 13.1. The summed E-state index contributed by atoms with van der Waals surface area (Å²) in [5, 5.41) is 4.60. The smallest absolute Gasteiger partial charge is 0.339 e. The molecule has 0 aromatic carbocycles. The summed E-state index contributed by atoms with van der Waals surface area (Å²) < 4.78 is 12.4. The topological polar surface area (TPSA) is 89.8 Å². The summed E-state index contributed by atoms with van der Waals surface area (Å²) >= 11 is 0. The van der Waals surface area contributed by atoms with Crippen molar-refractivity contribution in [2.24, 2.45) is 0 Å². The van der Waals surface area contributed by atoms with Gasteiger partial charge >= 0.3 is 5.97 Å². The lowest BCUT2D eigenvalue weighted by Crippen LogP contribution is -2.49. The molecule has 9 heteroatoms. The number of esters is 1. The lowest BCUT2D eigenvalue weighted by molar-refractivity contribution is 0.0525. The van der Waals surface area contributed by atoms with Gasteiger partial charge in [0.1, 0.15) is 5.82 Å². The lowest BCUT2D eigenvalue weighted by atomic mass is 10.1. The second kappa shape index (κ2) is 9.47. The third-order valence-electron chi connectivity index (χ3n) is 5.86. The van der Waals surface area contributed by atoms with E-state index >= 15 is 0 Å².